The van der Waals surface area contributed by atoms with Crippen LogP contribution in [0.2, 0.25) is 25.2 Å². The standard InChI is InChI=1S/C10H19NO2Si/c1-6-13-10(12)9(8(2)7-11)14(3,4)5/h8-9H,6H2,1-5H3. The minimum atomic E-state index is -1.67. The Bertz CT molecular complexity index is 239. The van der Waals surface area contributed by atoms with Gasteiger partial charge in [-0.15, -0.1) is 0 Å². The van der Waals surface area contributed by atoms with E-state index in [0.717, 1.165) is 0 Å². The third-order valence-corrected chi connectivity index (χ3v) is 4.78. The average molecular weight is 213 g/mol. The molecule has 0 aromatic rings. The van der Waals surface area contributed by atoms with Gasteiger partial charge in [0, 0.05) is 0 Å². The normalized spacial score (nSPS) is 15.4. The van der Waals surface area contributed by atoms with Gasteiger partial charge in [0.15, 0.2) is 0 Å². The lowest BCUT2D eigenvalue weighted by Crippen LogP contribution is -2.38. The van der Waals surface area contributed by atoms with Gasteiger partial charge in [-0.2, -0.15) is 5.26 Å². The quantitative estimate of drug-likeness (QED) is 0.532. The molecule has 80 valence electrons. The van der Waals surface area contributed by atoms with Crippen molar-refractivity contribution in [1.82, 2.24) is 0 Å². The van der Waals surface area contributed by atoms with Crippen molar-refractivity contribution >= 4 is 14.0 Å². The summed E-state index contributed by atoms with van der Waals surface area (Å²) < 4.78 is 5.00. The fraction of sp³-hybridized carbons (Fsp3) is 0.800. The van der Waals surface area contributed by atoms with Crippen molar-refractivity contribution in [1.29, 1.82) is 5.26 Å². The second kappa shape index (κ2) is 5.16. The lowest BCUT2D eigenvalue weighted by molar-refractivity contribution is -0.143. The summed E-state index contributed by atoms with van der Waals surface area (Å²) in [6.45, 7) is 10.2. The number of nitrogens with zero attached hydrogens (tertiary/aromatic N) is 1. The van der Waals surface area contributed by atoms with E-state index in [0.29, 0.717) is 6.61 Å². The summed E-state index contributed by atoms with van der Waals surface area (Å²) in [6, 6.07) is 2.14. The molecule has 0 aromatic heterocycles. The van der Waals surface area contributed by atoms with Crippen LogP contribution in [0.25, 0.3) is 0 Å². The molecule has 2 unspecified atom stereocenters. The van der Waals surface area contributed by atoms with Crippen molar-refractivity contribution in [2.24, 2.45) is 5.92 Å². The molecule has 0 fully saturated rings. The number of hydrogen-bond acceptors (Lipinski definition) is 3. The van der Waals surface area contributed by atoms with Gasteiger partial charge in [-0.3, -0.25) is 4.79 Å². The molecule has 0 N–H and O–H groups in total. The Morgan fingerprint density at radius 1 is 1.50 bits per heavy atom. The highest BCUT2D eigenvalue weighted by Crippen LogP contribution is 2.30. The van der Waals surface area contributed by atoms with Gasteiger partial charge in [-0.05, 0) is 13.8 Å². The van der Waals surface area contributed by atoms with Crippen LogP contribution in [0.5, 0.6) is 0 Å². The van der Waals surface area contributed by atoms with Crippen molar-refractivity contribution in [3.63, 3.8) is 0 Å². The predicted octanol–water partition coefficient (Wildman–Crippen LogP) is 2.42. The maximum absolute atomic E-state index is 11.7. The molecule has 0 aliphatic rings. The van der Waals surface area contributed by atoms with Crippen molar-refractivity contribution in [2.75, 3.05) is 6.61 Å². The van der Waals surface area contributed by atoms with E-state index in [1.54, 1.807) is 13.8 Å². The molecule has 0 aliphatic heterocycles. The molecule has 4 heteroatoms. The van der Waals surface area contributed by atoms with E-state index in [9.17, 15) is 4.79 Å². The fourth-order valence-electron chi connectivity index (χ4n) is 1.61. The van der Waals surface area contributed by atoms with Crippen LogP contribution in [0.15, 0.2) is 0 Å². The number of nitriles is 1. The minimum absolute atomic E-state index is 0.208. The Morgan fingerprint density at radius 2 is 2.00 bits per heavy atom. The van der Waals surface area contributed by atoms with Crippen LogP contribution in [0.3, 0.4) is 0 Å². The second-order valence-electron chi connectivity index (χ2n) is 4.51. The second-order valence-corrected chi connectivity index (χ2v) is 9.87. The molecule has 14 heavy (non-hydrogen) atoms. The Morgan fingerprint density at radius 3 is 2.29 bits per heavy atom. The maximum Gasteiger partial charge on any atom is 0.307 e. The molecule has 0 saturated heterocycles. The summed E-state index contributed by atoms with van der Waals surface area (Å²) in [6.07, 6.45) is 0. The number of hydrogen-bond donors (Lipinski definition) is 0. The smallest absolute Gasteiger partial charge is 0.307 e. The monoisotopic (exact) mass is 213 g/mol. The highest BCUT2D eigenvalue weighted by molar-refractivity contribution is 6.80. The van der Waals surface area contributed by atoms with Crippen LogP contribution in [0.1, 0.15) is 13.8 Å². The highest BCUT2D eigenvalue weighted by Gasteiger charge is 2.38. The number of carbonyl (C=O) groups excluding carboxylic acids is 1. The van der Waals surface area contributed by atoms with Crippen LogP contribution in [-0.2, 0) is 9.53 Å². The van der Waals surface area contributed by atoms with Crippen LogP contribution >= 0.6 is 0 Å². The van der Waals surface area contributed by atoms with Gasteiger partial charge in [0.25, 0.3) is 0 Å². The number of ether oxygens (including phenoxy) is 1. The van der Waals surface area contributed by atoms with Crippen LogP contribution < -0.4 is 0 Å². The van der Waals surface area contributed by atoms with Crippen LogP contribution in [-0.4, -0.2) is 20.7 Å². The molecular weight excluding hydrogens is 194 g/mol. The highest BCUT2D eigenvalue weighted by atomic mass is 28.3. The van der Waals surface area contributed by atoms with E-state index in [2.05, 4.69) is 25.7 Å². The van der Waals surface area contributed by atoms with E-state index >= 15 is 0 Å². The fourth-order valence-corrected chi connectivity index (χ4v) is 3.98. The lowest BCUT2D eigenvalue weighted by Gasteiger charge is -2.28. The Labute approximate surface area is 87.1 Å². The summed E-state index contributed by atoms with van der Waals surface area (Å²) in [7, 11) is -1.67. The lowest BCUT2D eigenvalue weighted by atomic mass is 10.1. The number of esters is 1. The van der Waals surface area contributed by atoms with Gasteiger partial charge < -0.3 is 4.74 Å². The minimum Gasteiger partial charge on any atom is -0.466 e. The molecule has 0 aliphatic carbocycles. The van der Waals surface area contributed by atoms with Gasteiger partial charge in [0.1, 0.15) is 0 Å². The summed E-state index contributed by atoms with van der Waals surface area (Å²) in [5.74, 6) is -0.457. The molecule has 0 aromatic carbocycles. The zero-order valence-electron chi connectivity index (χ0n) is 9.63. The van der Waals surface area contributed by atoms with E-state index in [-0.39, 0.29) is 17.4 Å². The molecule has 0 saturated carbocycles. The molecule has 0 radical (unpaired) electrons. The first-order valence-electron chi connectivity index (χ1n) is 4.90. The van der Waals surface area contributed by atoms with Crippen LogP contribution in [0.4, 0.5) is 0 Å². The predicted molar refractivity (Wildman–Crippen MR) is 58.5 cm³/mol. The van der Waals surface area contributed by atoms with Gasteiger partial charge in [-0.1, -0.05) is 19.6 Å². The van der Waals surface area contributed by atoms with Gasteiger partial charge in [0.2, 0.25) is 0 Å². The van der Waals surface area contributed by atoms with Crippen LogP contribution in [0, 0.1) is 17.2 Å². The Balaban J connectivity index is 4.75. The maximum atomic E-state index is 11.7. The average Bonchev–Trinajstić information content (AvgIpc) is 2.02. The Hall–Kier alpha value is -0.823. The zero-order valence-corrected chi connectivity index (χ0v) is 10.6. The molecule has 3 nitrogen and oxygen atoms in total. The van der Waals surface area contributed by atoms with E-state index in [1.165, 1.54) is 0 Å². The Kier molecular flexibility index (Phi) is 4.85. The van der Waals surface area contributed by atoms with Crippen molar-refractivity contribution < 1.29 is 9.53 Å². The molecule has 0 rings (SSSR count). The van der Waals surface area contributed by atoms with E-state index < -0.39 is 8.07 Å². The topological polar surface area (TPSA) is 50.1 Å². The molecule has 0 heterocycles. The van der Waals surface area contributed by atoms with Crippen molar-refractivity contribution in [3.8, 4) is 6.07 Å². The van der Waals surface area contributed by atoms with E-state index in [1.807, 2.05) is 0 Å². The van der Waals surface area contributed by atoms with Gasteiger partial charge in [-0.25, -0.2) is 0 Å². The summed E-state index contributed by atoms with van der Waals surface area (Å²) in [5.41, 5.74) is -0.215. The third-order valence-electron chi connectivity index (χ3n) is 2.18. The SMILES string of the molecule is CCOC(=O)C(C(C)C#N)[Si](C)(C)C. The summed E-state index contributed by atoms with van der Waals surface area (Å²) in [5, 5.41) is 8.85. The molecule has 0 bridgehead atoms. The van der Waals surface area contributed by atoms with Crippen molar-refractivity contribution in [2.45, 2.75) is 39.0 Å². The molecule has 0 spiro atoms. The first-order valence-corrected chi connectivity index (χ1v) is 8.48. The third kappa shape index (κ3) is 3.50. The zero-order chi connectivity index (χ0) is 11.4. The molecule has 2 atom stereocenters. The van der Waals surface area contributed by atoms with Gasteiger partial charge in [0.05, 0.1) is 32.2 Å². The molecular formula is C10H19NO2Si. The number of rotatable bonds is 4. The summed E-state index contributed by atoms with van der Waals surface area (Å²) in [4.78, 5) is 11.7. The van der Waals surface area contributed by atoms with E-state index in [4.69, 9.17) is 10.00 Å². The molecule has 0 amide bonds. The van der Waals surface area contributed by atoms with Gasteiger partial charge >= 0.3 is 5.97 Å². The summed E-state index contributed by atoms with van der Waals surface area (Å²) >= 11 is 0. The largest absolute Gasteiger partial charge is 0.466 e. The first-order chi connectivity index (χ1) is 6.34. The first kappa shape index (κ1) is 13.2. The van der Waals surface area contributed by atoms with Crippen molar-refractivity contribution in [3.05, 3.63) is 0 Å². The number of carbonyl (C=O) groups is 1.